The molecule has 0 heterocycles. The van der Waals surface area contributed by atoms with Crippen LogP contribution in [0, 0.1) is 0 Å². The summed E-state index contributed by atoms with van der Waals surface area (Å²) in [5, 5.41) is 6.48. The number of fused-ring (bicyclic) bond motifs is 6. The zero-order valence-electron chi connectivity index (χ0n) is 14.9. The highest BCUT2D eigenvalue weighted by Gasteiger charge is 2.24. The molecule has 4 aromatic rings. The highest BCUT2D eigenvalue weighted by molar-refractivity contribution is 5.92. The summed E-state index contributed by atoms with van der Waals surface area (Å²) in [4.78, 5) is 0. The molecular weight excluding hydrogens is 326 g/mol. The third-order valence-corrected chi connectivity index (χ3v) is 5.95. The molecule has 0 amide bonds. The lowest BCUT2D eigenvalue weighted by Gasteiger charge is -2.19. The van der Waals surface area contributed by atoms with Gasteiger partial charge in [0.15, 0.2) is 0 Å². The SMILES string of the molecule is C1=CC(Nc2cccc3c2Cc2ccccc2-3)c2c1ccc1ccccc21. The summed E-state index contributed by atoms with van der Waals surface area (Å²) in [5.74, 6) is 0. The Balaban J connectivity index is 1.44. The maximum Gasteiger partial charge on any atom is 0.0713 e. The van der Waals surface area contributed by atoms with Gasteiger partial charge in [-0.15, -0.1) is 0 Å². The lowest BCUT2D eigenvalue weighted by molar-refractivity contribution is 1.01. The Morgan fingerprint density at radius 3 is 2.59 bits per heavy atom. The van der Waals surface area contributed by atoms with Crippen molar-refractivity contribution in [2.24, 2.45) is 0 Å². The van der Waals surface area contributed by atoms with Gasteiger partial charge in [-0.25, -0.2) is 0 Å². The fourth-order valence-corrected chi connectivity index (χ4v) is 4.68. The van der Waals surface area contributed by atoms with Crippen molar-refractivity contribution in [1.82, 2.24) is 0 Å². The normalized spacial score (nSPS) is 16.2. The molecule has 1 nitrogen and oxygen atoms in total. The lowest BCUT2D eigenvalue weighted by atomic mass is 9.97. The molecule has 0 spiro atoms. The van der Waals surface area contributed by atoms with Crippen molar-refractivity contribution in [2.45, 2.75) is 12.5 Å². The summed E-state index contributed by atoms with van der Waals surface area (Å²) in [6, 6.07) is 28.8. The number of nitrogens with one attached hydrogen (secondary N) is 1. The van der Waals surface area contributed by atoms with E-state index in [4.69, 9.17) is 0 Å². The van der Waals surface area contributed by atoms with Gasteiger partial charge in [0.2, 0.25) is 0 Å². The molecule has 1 atom stereocenters. The van der Waals surface area contributed by atoms with Crippen molar-refractivity contribution < 1.29 is 0 Å². The Morgan fingerprint density at radius 1 is 0.741 bits per heavy atom. The van der Waals surface area contributed by atoms with Crippen LogP contribution in [0.4, 0.5) is 5.69 Å². The molecule has 1 unspecified atom stereocenters. The first kappa shape index (κ1) is 14.8. The molecule has 0 bridgehead atoms. The van der Waals surface area contributed by atoms with Crippen LogP contribution < -0.4 is 5.32 Å². The minimum absolute atomic E-state index is 0.210. The van der Waals surface area contributed by atoms with Crippen molar-refractivity contribution >= 4 is 22.5 Å². The van der Waals surface area contributed by atoms with Gasteiger partial charge in [0, 0.05) is 12.1 Å². The van der Waals surface area contributed by atoms with Gasteiger partial charge in [0.1, 0.15) is 0 Å². The second kappa shape index (κ2) is 5.59. The van der Waals surface area contributed by atoms with E-state index in [1.165, 1.54) is 49.8 Å². The number of hydrogen-bond acceptors (Lipinski definition) is 1. The minimum atomic E-state index is 0.210. The largest absolute Gasteiger partial charge is 0.374 e. The molecule has 128 valence electrons. The molecule has 0 saturated carbocycles. The molecule has 0 radical (unpaired) electrons. The molecule has 2 aliphatic carbocycles. The highest BCUT2D eigenvalue weighted by atomic mass is 14.9. The van der Waals surface area contributed by atoms with Crippen LogP contribution in [0.5, 0.6) is 0 Å². The third kappa shape index (κ3) is 2.18. The van der Waals surface area contributed by atoms with E-state index in [0.29, 0.717) is 0 Å². The second-order valence-electron chi connectivity index (χ2n) is 7.44. The van der Waals surface area contributed by atoms with Crippen LogP contribution in [-0.4, -0.2) is 0 Å². The summed E-state index contributed by atoms with van der Waals surface area (Å²) in [5.41, 5.74) is 9.55. The van der Waals surface area contributed by atoms with Crippen LogP contribution in [0.3, 0.4) is 0 Å². The van der Waals surface area contributed by atoms with Gasteiger partial charge < -0.3 is 5.32 Å². The Labute approximate surface area is 159 Å². The predicted octanol–water partition coefficient (Wildman–Crippen LogP) is 6.59. The number of rotatable bonds is 2. The monoisotopic (exact) mass is 345 g/mol. The van der Waals surface area contributed by atoms with Crippen molar-refractivity contribution in [3.63, 3.8) is 0 Å². The Bertz CT molecular complexity index is 1230. The van der Waals surface area contributed by atoms with Crippen LogP contribution in [-0.2, 0) is 6.42 Å². The summed E-state index contributed by atoms with van der Waals surface area (Å²) in [6.07, 6.45) is 5.55. The predicted molar refractivity (Wildman–Crippen MR) is 114 cm³/mol. The smallest absolute Gasteiger partial charge is 0.0713 e. The molecule has 0 fully saturated rings. The Morgan fingerprint density at radius 2 is 1.59 bits per heavy atom. The van der Waals surface area contributed by atoms with Crippen LogP contribution >= 0.6 is 0 Å². The molecule has 0 aliphatic heterocycles. The first-order valence-corrected chi connectivity index (χ1v) is 9.55. The van der Waals surface area contributed by atoms with E-state index in [1.807, 2.05) is 0 Å². The second-order valence-corrected chi connectivity index (χ2v) is 7.44. The van der Waals surface area contributed by atoms with E-state index in [2.05, 4.69) is 96.3 Å². The average Bonchev–Trinajstić information content (AvgIpc) is 3.30. The lowest BCUT2D eigenvalue weighted by Crippen LogP contribution is -2.08. The first-order valence-electron chi connectivity index (χ1n) is 9.55. The van der Waals surface area contributed by atoms with Crippen LogP contribution in [0.1, 0.15) is 28.3 Å². The fourth-order valence-electron chi connectivity index (χ4n) is 4.68. The van der Waals surface area contributed by atoms with E-state index in [-0.39, 0.29) is 6.04 Å². The van der Waals surface area contributed by atoms with Gasteiger partial charge >= 0.3 is 0 Å². The van der Waals surface area contributed by atoms with Gasteiger partial charge in [-0.2, -0.15) is 0 Å². The summed E-state index contributed by atoms with van der Waals surface area (Å²) >= 11 is 0. The van der Waals surface area contributed by atoms with Gasteiger partial charge in [0.05, 0.1) is 6.04 Å². The number of benzene rings is 4. The summed E-state index contributed by atoms with van der Waals surface area (Å²) in [6.45, 7) is 0. The average molecular weight is 345 g/mol. The molecule has 1 N–H and O–H groups in total. The molecule has 1 heteroatoms. The molecule has 2 aliphatic rings. The molecule has 6 rings (SSSR count). The first-order chi connectivity index (χ1) is 13.4. The van der Waals surface area contributed by atoms with Gasteiger partial charge in [-0.1, -0.05) is 84.9 Å². The van der Waals surface area contributed by atoms with E-state index >= 15 is 0 Å². The molecule has 4 aromatic carbocycles. The van der Waals surface area contributed by atoms with E-state index in [0.717, 1.165) is 6.42 Å². The molecule has 0 saturated heterocycles. The van der Waals surface area contributed by atoms with Crippen molar-refractivity contribution in [2.75, 3.05) is 5.32 Å². The van der Waals surface area contributed by atoms with Crippen LogP contribution in [0.2, 0.25) is 0 Å². The maximum absolute atomic E-state index is 3.84. The van der Waals surface area contributed by atoms with Crippen molar-refractivity contribution in [1.29, 1.82) is 0 Å². The van der Waals surface area contributed by atoms with Gasteiger partial charge in [-0.05, 0) is 50.2 Å². The molecular formula is C26H19N. The van der Waals surface area contributed by atoms with E-state index < -0.39 is 0 Å². The zero-order valence-corrected chi connectivity index (χ0v) is 14.9. The molecule has 27 heavy (non-hydrogen) atoms. The minimum Gasteiger partial charge on any atom is -0.374 e. The van der Waals surface area contributed by atoms with Crippen LogP contribution in [0.25, 0.3) is 28.0 Å². The maximum atomic E-state index is 3.84. The van der Waals surface area contributed by atoms with Gasteiger partial charge in [-0.3, -0.25) is 0 Å². The van der Waals surface area contributed by atoms with Crippen LogP contribution in [0.15, 0.2) is 84.9 Å². The summed E-state index contributed by atoms with van der Waals surface area (Å²) in [7, 11) is 0. The summed E-state index contributed by atoms with van der Waals surface area (Å²) < 4.78 is 0. The van der Waals surface area contributed by atoms with E-state index in [9.17, 15) is 0 Å². The topological polar surface area (TPSA) is 12.0 Å². The third-order valence-electron chi connectivity index (χ3n) is 5.95. The Kier molecular flexibility index (Phi) is 3.06. The number of hydrogen-bond donors (Lipinski definition) is 1. The standard InChI is InChI=1S/C26H19N/c1-4-9-21-17(6-1)12-13-18-14-15-25(26(18)21)27-24-11-5-10-22-20-8-3-2-7-19(20)16-23(22)24/h1-15,25,27H,16H2. The molecule has 0 aromatic heterocycles. The highest BCUT2D eigenvalue weighted by Crippen LogP contribution is 2.42. The Hall–Kier alpha value is -3.32. The van der Waals surface area contributed by atoms with Crippen molar-refractivity contribution in [3.05, 3.63) is 107 Å². The fraction of sp³-hybridized carbons (Fsp3) is 0.0769. The van der Waals surface area contributed by atoms with Crippen molar-refractivity contribution in [3.8, 4) is 11.1 Å². The van der Waals surface area contributed by atoms with Gasteiger partial charge in [0.25, 0.3) is 0 Å². The quantitative estimate of drug-likeness (QED) is 0.380. The van der Waals surface area contributed by atoms with E-state index in [1.54, 1.807) is 0 Å². The number of anilines is 1. The zero-order chi connectivity index (χ0) is 17.8.